The third-order valence-electron chi connectivity index (χ3n) is 2.53. The lowest BCUT2D eigenvalue weighted by molar-refractivity contribution is 0.0189. The van der Waals surface area contributed by atoms with Crippen molar-refractivity contribution >= 4 is 22.9 Å². The highest BCUT2D eigenvalue weighted by Crippen LogP contribution is 2.22. The highest BCUT2D eigenvalue weighted by Gasteiger charge is 2.09. The van der Waals surface area contributed by atoms with E-state index in [-0.39, 0.29) is 0 Å². The maximum atomic E-state index is 9.81. The molecule has 0 radical (unpaired) electrons. The van der Waals surface area contributed by atoms with Crippen LogP contribution >= 0.6 is 22.9 Å². The summed E-state index contributed by atoms with van der Waals surface area (Å²) in [7, 11) is 1.99. The first-order valence-corrected chi connectivity index (χ1v) is 7.49. The molecule has 1 unspecified atom stereocenters. The molecule has 0 spiro atoms. The zero-order chi connectivity index (χ0) is 13.4. The Morgan fingerprint density at radius 2 is 2.28 bits per heavy atom. The smallest absolute Gasteiger partial charge is 0.0931 e. The molecule has 0 amide bonds. The van der Waals surface area contributed by atoms with Gasteiger partial charge in [0, 0.05) is 24.6 Å². The number of hydrogen-bond acceptors (Lipinski definition) is 4. The lowest BCUT2D eigenvalue weighted by atomic mass is 10.3. The van der Waals surface area contributed by atoms with Gasteiger partial charge in [-0.25, -0.2) is 0 Å². The Kier molecular flexibility index (Phi) is 7.86. The molecule has 1 heterocycles. The summed E-state index contributed by atoms with van der Waals surface area (Å²) < 4.78 is 6.20. The SMILES string of the molecule is CCCCOCC(O)CN(C)Cc1ccc(Cl)s1. The van der Waals surface area contributed by atoms with E-state index < -0.39 is 6.10 Å². The van der Waals surface area contributed by atoms with Crippen molar-refractivity contribution in [3.05, 3.63) is 21.3 Å². The van der Waals surface area contributed by atoms with Crippen molar-refractivity contribution in [1.82, 2.24) is 4.90 Å². The Morgan fingerprint density at radius 3 is 2.89 bits per heavy atom. The van der Waals surface area contributed by atoms with Crippen LogP contribution in [0.5, 0.6) is 0 Å². The van der Waals surface area contributed by atoms with E-state index in [2.05, 4.69) is 11.8 Å². The normalized spacial score (nSPS) is 13.2. The molecule has 18 heavy (non-hydrogen) atoms. The summed E-state index contributed by atoms with van der Waals surface area (Å²) >= 11 is 7.46. The van der Waals surface area contributed by atoms with Crippen molar-refractivity contribution in [2.75, 3.05) is 26.8 Å². The molecule has 0 aromatic carbocycles. The first kappa shape index (κ1) is 15.9. The lowest BCUT2D eigenvalue weighted by Gasteiger charge is -2.19. The molecule has 1 rings (SSSR count). The third-order valence-corrected chi connectivity index (χ3v) is 3.75. The Balaban J connectivity index is 2.16. The summed E-state index contributed by atoms with van der Waals surface area (Å²) in [4.78, 5) is 3.29. The Labute approximate surface area is 118 Å². The van der Waals surface area contributed by atoms with Crippen LogP contribution in [0.3, 0.4) is 0 Å². The zero-order valence-corrected chi connectivity index (χ0v) is 12.6. The minimum absolute atomic E-state index is 0.412. The minimum atomic E-state index is -0.428. The second-order valence-electron chi connectivity index (χ2n) is 4.48. The van der Waals surface area contributed by atoms with Gasteiger partial charge in [0.05, 0.1) is 17.0 Å². The van der Waals surface area contributed by atoms with Gasteiger partial charge in [-0.15, -0.1) is 11.3 Å². The molecular weight excluding hydrogens is 270 g/mol. The number of aliphatic hydroxyl groups is 1. The average Bonchev–Trinajstić information content (AvgIpc) is 2.70. The van der Waals surface area contributed by atoms with Crippen LogP contribution in [0, 0.1) is 0 Å². The first-order chi connectivity index (χ1) is 8.61. The molecule has 0 bridgehead atoms. The van der Waals surface area contributed by atoms with Gasteiger partial charge < -0.3 is 9.84 Å². The molecule has 0 saturated heterocycles. The van der Waals surface area contributed by atoms with Crippen molar-refractivity contribution in [3.63, 3.8) is 0 Å². The Morgan fingerprint density at radius 1 is 1.50 bits per heavy atom. The fourth-order valence-electron chi connectivity index (χ4n) is 1.65. The summed E-state index contributed by atoms with van der Waals surface area (Å²) in [5, 5.41) is 9.81. The van der Waals surface area contributed by atoms with E-state index in [4.69, 9.17) is 16.3 Å². The predicted molar refractivity (Wildman–Crippen MR) is 77.4 cm³/mol. The van der Waals surface area contributed by atoms with Crippen molar-refractivity contribution in [2.24, 2.45) is 0 Å². The van der Waals surface area contributed by atoms with Gasteiger partial charge in [0.1, 0.15) is 0 Å². The highest BCUT2D eigenvalue weighted by molar-refractivity contribution is 7.16. The minimum Gasteiger partial charge on any atom is -0.389 e. The summed E-state index contributed by atoms with van der Waals surface area (Å²) in [6.07, 6.45) is 1.74. The Bertz CT molecular complexity index is 333. The fraction of sp³-hybridized carbons (Fsp3) is 0.692. The molecular formula is C13H22ClNO2S. The number of unbranched alkanes of at least 4 members (excludes halogenated alkanes) is 1. The maximum Gasteiger partial charge on any atom is 0.0931 e. The van der Waals surface area contributed by atoms with Crippen molar-refractivity contribution < 1.29 is 9.84 Å². The summed E-state index contributed by atoms with van der Waals surface area (Å²) in [5.74, 6) is 0. The van der Waals surface area contributed by atoms with E-state index in [1.165, 1.54) is 4.88 Å². The predicted octanol–water partition coefficient (Wildman–Crippen LogP) is 3.01. The summed E-state index contributed by atoms with van der Waals surface area (Å²) in [5.41, 5.74) is 0. The highest BCUT2D eigenvalue weighted by atomic mass is 35.5. The summed E-state index contributed by atoms with van der Waals surface area (Å²) in [6, 6.07) is 3.92. The molecule has 1 atom stereocenters. The van der Waals surface area contributed by atoms with Gasteiger partial charge in [0.2, 0.25) is 0 Å². The number of nitrogens with zero attached hydrogens (tertiary/aromatic N) is 1. The molecule has 1 aromatic heterocycles. The molecule has 0 aliphatic carbocycles. The van der Waals surface area contributed by atoms with E-state index in [0.717, 1.165) is 30.3 Å². The molecule has 0 aliphatic rings. The lowest BCUT2D eigenvalue weighted by Crippen LogP contribution is -2.31. The van der Waals surface area contributed by atoms with Crippen molar-refractivity contribution in [2.45, 2.75) is 32.4 Å². The van der Waals surface area contributed by atoms with Gasteiger partial charge in [-0.05, 0) is 25.6 Å². The fourth-order valence-corrected chi connectivity index (χ4v) is 2.81. The zero-order valence-electron chi connectivity index (χ0n) is 11.1. The summed E-state index contributed by atoms with van der Waals surface area (Å²) in [6.45, 7) is 4.69. The van der Waals surface area contributed by atoms with E-state index >= 15 is 0 Å². The average molecular weight is 292 g/mol. The van der Waals surface area contributed by atoms with E-state index in [1.807, 2.05) is 19.2 Å². The quantitative estimate of drug-likeness (QED) is 0.710. The standard InChI is InChI=1S/C13H22ClNO2S/c1-3-4-7-17-10-11(16)8-15(2)9-12-5-6-13(14)18-12/h5-6,11,16H,3-4,7-10H2,1-2H3. The van der Waals surface area contributed by atoms with Gasteiger partial charge in [0.25, 0.3) is 0 Å². The van der Waals surface area contributed by atoms with Gasteiger partial charge in [-0.2, -0.15) is 0 Å². The first-order valence-electron chi connectivity index (χ1n) is 6.30. The third kappa shape index (κ3) is 6.71. The Hall–Kier alpha value is -0.130. The number of hydrogen-bond donors (Lipinski definition) is 1. The molecule has 1 N–H and O–H groups in total. The molecule has 0 saturated carbocycles. The van der Waals surface area contributed by atoms with Crippen LogP contribution in [0.15, 0.2) is 12.1 Å². The van der Waals surface area contributed by atoms with Crippen LogP contribution in [0.4, 0.5) is 0 Å². The number of halogens is 1. The van der Waals surface area contributed by atoms with Gasteiger partial charge in [-0.3, -0.25) is 4.90 Å². The molecule has 1 aromatic rings. The second kappa shape index (κ2) is 8.88. The molecule has 3 nitrogen and oxygen atoms in total. The largest absolute Gasteiger partial charge is 0.389 e. The van der Waals surface area contributed by atoms with Gasteiger partial charge in [-0.1, -0.05) is 24.9 Å². The molecule has 104 valence electrons. The van der Waals surface area contributed by atoms with Crippen molar-refractivity contribution in [3.8, 4) is 0 Å². The van der Waals surface area contributed by atoms with Crippen molar-refractivity contribution in [1.29, 1.82) is 0 Å². The second-order valence-corrected chi connectivity index (χ2v) is 6.28. The van der Waals surface area contributed by atoms with Crippen LogP contribution in [-0.2, 0) is 11.3 Å². The number of aliphatic hydroxyl groups excluding tert-OH is 1. The number of thiophene rings is 1. The van der Waals surface area contributed by atoms with Crippen LogP contribution in [0.2, 0.25) is 4.34 Å². The number of likely N-dealkylation sites (N-methyl/N-ethyl adjacent to an activating group) is 1. The van der Waals surface area contributed by atoms with Crippen LogP contribution < -0.4 is 0 Å². The number of rotatable bonds is 9. The molecule has 5 heteroatoms. The van der Waals surface area contributed by atoms with E-state index in [1.54, 1.807) is 11.3 Å². The van der Waals surface area contributed by atoms with Gasteiger partial charge in [0.15, 0.2) is 0 Å². The van der Waals surface area contributed by atoms with E-state index in [0.29, 0.717) is 13.2 Å². The van der Waals surface area contributed by atoms with E-state index in [9.17, 15) is 5.11 Å². The monoisotopic (exact) mass is 291 g/mol. The maximum absolute atomic E-state index is 9.81. The topological polar surface area (TPSA) is 32.7 Å². The van der Waals surface area contributed by atoms with Crippen LogP contribution in [0.25, 0.3) is 0 Å². The number of ether oxygens (including phenoxy) is 1. The molecule has 0 aliphatic heterocycles. The molecule has 0 fully saturated rings. The van der Waals surface area contributed by atoms with Crippen LogP contribution in [-0.4, -0.2) is 42.9 Å². The van der Waals surface area contributed by atoms with Crippen LogP contribution in [0.1, 0.15) is 24.6 Å². The van der Waals surface area contributed by atoms with Gasteiger partial charge >= 0.3 is 0 Å².